The van der Waals surface area contributed by atoms with E-state index in [1.165, 1.54) is 0 Å². The molecular formula is C14H15BrN2O. The average Bonchev–Trinajstić information content (AvgIpc) is 2.73. The van der Waals surface area contributed by atoms with Crippen molar-refractivity contribution in [3.05, 3.63) is 52.6 Å². The maximum atomic E-state index is 5.68. The van der Waals surface area contributed by atoms with Crippen molar-refractivity contribution in [2.75, 3.05) is 0 Å². The standard InChI is InChI=1S/C14H15BrN2O/c1-10(2)11-5-4-6-13(15)12(11)9-18-14-7-8-17(3)16-14/h4-8H,1,9H2,2-3H3. The summed E-state index contributed by atoms with van der Waals surface area (Å²) in [6.07, 6.45) is 1.86. The normalized spacial score (nSPS) is 10.4. The van der Waals surface area contributed by atoms with Crippen LogP contribution in [0, 0.1) is 0 Å². The predicted octanol–water partition coefficient (Wildman–Crippen LogP) is 3.79. The number of hydrogen-bond donors (Lipinski definition) is 0. The van der Waals surface area contributed by atoms with Crippen molar-refractivity contribution in [3.8, 4) is 5.88 Å². The first-order valence-electron chi connectivity index (χ1n) is 5.63. The molecule has 1 aromatic heterocycles. The first kappa shape index (κ1) is 12.9. The van der Waals surface area contributed by atoms with Crippen molar-refractivity contribution < 1.29 is 4.74 Å². The van der Waals surface area contributed by atoms with Crippen LogP contribution in [0.4, 0.5) is 0 Å². The van der Waals surface area contributed by atoms with Crippen LogP contribution in [0.15, 0.2) is 41.5 Å². The summed E-state index contributed by atoms with van der Waals surface area (Å²) < 4.78 is 8.43. The minimum Gasteiger partial charge on any atom is -0.472 e. The highest BCUT2D eigenvalue weighted by Gasteiger charge is 2.08. The fourth-order valence-electron chi connectivity index (χ4n) is 1.72. The van der Waals surface area contributed by atoms with E-state index in [4.69, 9.17) is 4.74 Å². The predicted molar refractivity (Wildman–Crippen MR) is 76.4 cm³/mol. The summed E-state index contributed by atoms with van der Waals surface area (Å²) in [5.41, 5.74) is 3.23. The van der Waals surface area contributed by atoms with Gasteiger partial charge in [-0.25, -0.2) is 0 Å². The minimum absolute atomic E-state index is 0.473. The van der Waals surface area contributed by atoms with Gasteiger partial charge < -0.3 is 4.74 Å². The Morgan fingerprint density at radius 1 is 1.44 bits per heavy atom. The molecule has 0 radical (unpaired) electrons. The summed E-state index contributed by atoms with van der Waals surface area (Å²) in [6.45, 7) is 6.46. The van der Waals surface area contributed by atoms with Crippen molar-refractivity contribution in [2.24, 2.45) is 7.05 Å². The second kappa shape index (κ2) is 5.40. The molecule has 0 fully saturated rings. The van der Waals surface area contributed by atoms with Crippen molar-refractivity contribution in [3.63, 3.8) is 0 Å². The third-order valence-electron chi connectivity index (χ3n) is 2.63. The summed E-state index contributed by atoms with van der Waals surface area (Å²) in [6, 6.07) is 7.89. The van der Waals surface area contributed by atoms with Gasteiger partial charge in [0.05, 0.1) is 0 Å². The van der Waals surface area contributed by atoms with Gasteiger partial charge in [-0.2, -0.15) is 0 Å². The van der Waals surface area contributed by atoms with Crippen molar-refractivity contribution in [2.45, 2.75) is 13.5 Å². The van der Waals surface area contributed by atoms with Gasteiger partial charge in [0.1, 0.15) is 6.61 Å². The fourth-order valence-corrected chi connectivity index (χ4v) is 2.20. The zero-order chi connectivity index (χ0) is 13.1. The lowest BCUT2D eigenvalue weighted by Gasteiger charge is -2.11. The summed E-state index contributed by atoms with van der Waals surface area (Å²) in [5, 5.41) is 4.19. The molecule has 2 aromatic rings. The highest BCUT2D eigenvalue weighted by molar-refractivity contribution is 9.10. The van der Waals surface area contributed by atoms with Crippen LogP contribution in [0.2, 0.25) is 0 Å². The monoisotopic (exact) mass is 306 g/mol. The molecule has 1 aromatic carbocycles. The highest BCUT2D eigenvalue weighted by Crippen LogP contribution is 2.26. The van der Waals surface area contributed by atoms with Gasteiger partial charge in [0.25, 0.3) is 0 Å². The Balaban J connectivity index is 2.20. The lowest BCUT2D eigenvalue weighted by atomic mass is 10.0. The molecule has 18 heavy (non-hydrogen) atoms. The van der Waals surface area contributed by atoms with Gasteiger partial charge >= 0.3 is 0 Å². The van der Waals surface area contributed by atoms with Gasteiger partial charge in [-0.1, -0.05) is 40.2 Å². The van der Waals surface area contributed by atoms with Crippen molar-refractivity contribution >= 4 is 21.5 Å². The first-order valence-corrected chi connectivity index (χ1v) is 6.43. The number of benzene rings is 1. The maximum absolute atomic E-state index is 5.68. The zero-order valence-corrected chi connectivity index (χ0v) is 12.1. The molecular weight excluding hydrogens is 292 g/mol. The number of ether oxygens (including phenoxy) is 1. The molecule has 0 aliphatic carbocycles. The number of hydrogen-bond acceptors (Lipinski definition) is 2. The van der Waals surface area contributed by atoms with E-state index in [-0.39, 0.29) is 0 Å². The van der Waals surface area contributed by atoms with E-state index in [9.17, 15) is 0 Å². The molecule has 0 saturated heterocycles. The van der Waals surface area contributed by atoms with E-state index < -0.39 is 0 Å². The van der Waals surface area contributed by atoms with Crippen LogP contribution >= 0.6 is 15.9 Å². The van der Waals surface area contributed by atoms with Gasteiger partial charge in [0, 0.05) is 29.3 Å². The van der Waals surface area contributed by atoms with Crippen molar-refractivity contribution in [1.82, 2.24) is 9.78 Å². The summed E-state index contributed by atoms with van der Waals surface area (Å²) in [7, 11) is 1.87. The molecule has 2 rings (SSSR count). The Morgan fingerprint density at radius 2 is 2.22 bits per heavy atom. The second-order valence-electron chi connectivity index (χ2n) is 4.16. The lowest BCUT2D eigenvalue weighted by molar-refractivity contribution is 0.290. The van der Waals surface area contributed by atoms with E-state index >= 15 is 0 Å². The van der Waals surface area contributed by atoms with Crippen LogP contribution in [-0.2, 0) is 13.7 Å². The highest BCUT2D eigenvalue weighted by atomic mass is 79.9. The molecule has 3 nitrogen and oxygen atoms in total. The van der Waals surface area contributed by atoms with Crippen LogP contribution in [0.25, 0.3) is 5.57 Å². The molecule has 0 bridgehead atoms. The van der Waals surface area contributed by atoms with Crippen LogP contribution in [0.5, 0.6) is 5.88 Å². The molecule has 0 aliphatic heterocycles. The molecule has 0 saturated carbocycles. The Bertz CT molecular complexity index is 575. The van der Waals surface area contributed by atoms with Gasteiger partial charge in [-0.3, -0.25) is 4.68 Å². The molecule has 0 unspecified atom stereocenters. The number of aryl methyl sites for hydroxylation is 1. The number of allylic oxidation sites excluding steroid dienone is 1. The van der Waals surface area contributed by atoms with Crippen molar-refractivity contribution in [1.29, 1.82) is 0 Å². The largest absolute Gasteiger partial charge is 0.472 e. The molecule has 0 spiro atoms. The number of nitrogens with zero attached hydrogens (tertiary/aromatic N) is 2. The number of aromatic nitrogens is 2. The summed E-state index contributed by atoms with van der Waals surface area (Å²) in [4.78, 5) is 0. The van der Waals surface area contributed by atoms with Gasteiger partial charge in [-0.05, 0) is 18.6 Å². The summed E-state index contributed by atoms with van der Waals surface area (Å²) in [5.74, 6) is 0.626. The lowest BCUT2D eigenvalue weighted by Crippen LogP contribution is -2.01. The SMILES string of the molecule is C=C(C)c1cccc(Br)c1COc1ccn(C)n1. The van der Waals surface area contributed by atoms with Crippen LogP contribution in [0.1, 0.15) is 18.1 Å². The maximum Gasteiger partial charge on any atom is 0.233 e. The quantitative estimate of drug-likeness (QED) is 0.859. The molecule has 0 atom stereocenters. The van der Waals surface area contributed by atoms with Gasteiger partial charge in [0.15, 0.2) is 0 Å². The topological polar surface area (TPSA) is 27.1 Å². The minimum atomic E-state index is 0.473. The van der Waals surface area contributed by atoms with E-state index in [1.54, 1.807) is 4.68 Å². The summed E-state index contributed by atoms with van der Waals surface area (Å²) >= 11 is 3.55. The van der Waals surface area contributed by atoms with Gasteiger partial charge in [-0.15, -0.1) is 5.10 Å². The van der Waals surface area contributed by atoms with Crippen LogP contribution < -0.4 is 4.74 Å². The number of halogens is 1. The van der Waals surface area contributed by atoms with Crippen LogP contribution in [0.3, 0.4) is 0 Å². The molecule has 94 valence electrons. The first-order chi connectivity index (χ1) is 8.58. The molecule has 0 amide bonds. The Kier molecular flexibility index (Phi) is 3.87. The van der Waals surface area contributed by atoms with E-state index in [1.807, 2.05) is 44.4 Å². The third kappa shape index (κ3) is 2.82. The Morgan fingerprint density at radius 3 is 2.83 bits per heavy atom. The van der Waals surface area contributed by atoms with Gasteiger partial charge in [0.2, 0.25) is 5.88 Å². The second-order valence-corrected chi connectivity index (χ2v) is 5.02. The molecule has 4 heteroatoms. The smallest absolute Gasteiger partial charge is 0.233 e. The molecule has 0 N–H and O–H groups in total. The number of rotatable bonds is 4. The van der Waals surface area contributed by atoms with Crippen LogP contribution in [-0.4, -0.2) is 9.78 Å². The third-order valence-corrected chi connectivity index (χ3v) is 3.38. The zero-order valence-electron chi connectivity index (χ0n) is 10.5. The average molecular weight is 307 g/mol. The Labute approximate surface area is 115 Å². The van der Waals surface area contributed by atoms with E-state index in [2.05, 4.69) is 27.6 Å². The fraction of sp³-hybridized carbons (Fsp3) is 0.214. The van der Waals surface area contributed by atoms with E-state index in [0.717, 1.165) is 21.2 Å². The molecule has 0 aliphatic rings. The van der Waals surface area contributed by atoms with E-state index in [0.29, 0.717) is 12.5 Å². The Hall–Kier alpha value is -1.55. The molecule has 1 heterocycles.